The minimum atomic E-state index is -0.338. The molecule has 1 saturated heterocycles. The lowest BCUT2D eigenvalue weighted by Crippen LogP contribution is -2.43. The molecule has 0 spiro atoms. The Morgan fingerprint density at radius 1 is 1.43 bits per heavy atom. The fourth-order valence-electron chi connectivity index (χ4n) is 3.15. The summed E-state index contributed by atoms with van der Waals surface area (Å²) in [5, 5.41) is 14.5. The van der Waals surface area contributed by atoms with Gasteiger partial charge in [0.1, 0.15) is 0 Å². The molecular formula is C16H25N3O2. The Labute approximate surface area is 126 Å². The fraction of sp³-hybridized carbons (Fsp3) is 0.625. The molecule has 0 bridgehead atoms. The van der Waals surface area contributed by atoms with Crippen molar-refractivity contribution in [3.05, 3.63) is 39.9 Å². The maximum atomic E-state index is 10.9. The van der Waals surface area contributed by atoms with E-state index in [1.807, 2.05) is 6.07 Å². The first-order valence-electron chi connectivity index (χ1n) is 7.66. The molecule has 2 rings (SSSR count). The van der Waals surface area contributed by atoms with Gasteiger partial charge in [0.15, 0.2) is 0 Å². The van der Waals surface area contributed by atoms with Gasteiger partial charge in [-0.05, 0) is 51.8 Å². The molecule has 0 aliphatic carbocycles. The van der Waals surface area contributed by atoms with Crippen LogP contribution in [0.15, 0.2) is 24.3 Å². The molecule has 1 heterocycles. The topological polar surface area (TPSA) is 58.4 Å². The average molecular weight is 291 g/mol. The van der Waals surface area contributed by atoms with Gasteiger partial charge in [-0.3, -0.25) is 10.1 Å². The molecule has 5 heteroatoms. The molecule has 1 aliphatic heterocycles. The molecule has 116 valence electrons. The van der Waals surface area contributed by atoms with Gasteiger partial charge in [-0.15, -0.1) is 0 Å². The van der Waals surface area contributed by atoms with Crippen LogP contribution < -0.4 is 5.32 Å². The first kappa shape index (κ1) is 15.9. The molecule has 1 N–H and O–H groups in total. The number of non-ortho nitro benzene ring substituents is 1. The summed E-state index contributed by atoms with van der Waals surface area (Å²) in [7, 11) is 2.17. The SMILES string of the molecule is CC(NC(C)C1CCCN(C)C1)c1cccc([N+](=O)[O-])c1. The van der Waals surface area contributed by atoms with E-state index in [-0.39, 0.29) is 16.7 Å². The molecule has 0 saturated carbocycles. The quantitative estimate of drug-likeness (QED) is 0.669. The van der Waals surface area contributed by atoms with Gasteiger partial charge in [0.2, 0.25) is 0 Å². The molecule has 1 aromatic rings. The minimum Gasteiger partial charge on any atom is -0.307 e. The van der Waals surface area contributed by atoms with Crippen molar-refractivity contribution < 1.29 is 4.92 Å². The number of rotatable bonds is 5. The predicted molar refractivity (Wildman–Crippen MR) is 84.3 cm³/mol. The minimum absolute atomic E-state index is 0.118. The second-order valence-corrected chi connectivity index (χ2v) is 6.19. The Morgan fingerprint density at radius 2 is 2.19 bits per heavy atom. The molecule has 0 radical (unpaired) electrons. The Morgan fingerprint density at radius 3 is 2.86 bits per heavy atom. The van der Waals surface area contributed by atoms with Crippen LogP contribution >= 0.6 is 0 Å². The number of benzene rings is 1. The number of nitro groups is 1. The second-order valence-electron chi connectivity index (χ2n) is 6.19. The number of nitrogens with one attached hydrogen (secondary N) is 1. The van der Waals surface area contributed by atoms with E-state index in [0.717, 1.165) is 12.1 Å². The molecule has 5 nitrogen and oxygen atoms in total. The Kier molecular flexibility index (Phi) is 5.31. The predicted octanol–water partition coefficient (Wildman–Crippen LogP) is 2.98. The highest BCUT2D eigenvalue weighted by molar-refractivity contribution is 5.35. The third kappa shape index (κ3) is 4.25. The van der Waals surface area contributed by atoms with Crippen LogP contribution in [0, 0.1) is 16.0 Å². The van der Waals surface area contributed by atoms with Gasteiger partial charge >= 0.3 is 0 Å². The molecule has 3 atom stereocenters. The summed E-state index contributed by atoms with van der Waals surface area (Å²) in [5.74, 6) is 0.643. The van der Waals surface area contributed by atoms with Crippen LogP contribution in [0.25, 0.3) is 0 Å². The van der Waals surface area contributed by atoms with E-state index < -0.39 is 0 Å². The first-order valence-corrected chi connectivity index (χ1v) is 7.66. The maximum absolute atomic E-state index is 10.9. The highest BCUT2D eigenvalue weighted by atomic mass is 16.6. The van der Waals surface area contributed by atoms with E-state index in [2.05, 4.69) is 31.1 Å². The Bertz CT molecular complexity index is 492. The zero-order valence-corrected chi connectivity index (χ0v) is 13.1. The average Bonchev–Trinajstić information content (AvgIpc) is 2.47. The van der Waals surface area contributed by atoms with Crippen LogP contribution in [-0.4, -0.2) is 36.0 Å². The fourth-order valence-corrected chi connectivity index (χ4v) is 3.15. The molecular weight excluding hydrogens is 266 g/mol. The summed E-state index contributed by atoms with van der Waals surface area (Å²) >= 11 is 0. The van der Waals surface area contributed by atoms with Crippen molar-refractivity contribution in [2.24, 2.45) is 5.92 Å². The van der Waals surface area contributed by atoms with E-state index in [1.165, 1.54) is 25.5 Å². The smallest absolute Gasteiger partial charge is 0.269 e. The molecule has 1 aromatic carbocycles. The zero-order chi connectivity index (χ0) is 15.4. The van der Waals surface area contributed by atoms with E-state index in [0.29, 0.717) is 12.0 Å². The van der Waals surface area contributed by atoms with Crippen molar-refractivity contribution >= 4 is 5.69 Å². The highest BCUT2D eigenvalue weighted by Crippen LogP contribution is 2.23. The summed E-state index contributed by atoms with van der Waals surface area (Å²) in [4.78, 5) is 12.9. The summed E-state index contributed by atoms with van der Waals surface area (Å²) < 4.78 is 0. The standard InChI is InChI=1S/C16H25N3O2/c1-12(14-6-4-8-16(10-14)19(20)21)17-13(2)15-7-5-9-18(3)11-15/h4,6,8,10,12-13,15,17H,5,7,9,11H2,1-3H3. The van der Waals surface area contributed by atoms with Crippen LogP contribution in [-0.2, 0) is 0 Å². The van der Waals surface area contributed by atoms with Crippen LogP contribution in [0.3, 0.4) is 0 Å². The van der Waals surface area contributed by atoms with Crippen molar-refractivity contribution in [2.45, 2.75) is 38.8 Å². The largest absolute Gasteiger partial charge is 0.307 e. The van der Waals surface area contributed by atoms with E-state index in [9.17, 15) is 10.1 Å². The van der Waals surface area contributed by atoms with Crippen molar-refractivity contribution in [3.63, 3.8) is 0 Å². The number of piperidine rings is 1. The van der Waals surface area contributed by atoms with Crippen molar-refractivity contribution in [2.75, 3.05) is 20.1 Å². The molecule has 3 unspecified atom stereocenters. The van der Waals surface area contributed by atoms with Crippen molar-refractivity contribution in [1.29, 1.82) is 0 Å². The van der Waals surface area contributed by atoms with Gasteiger partial charge in [0, 0.05) is 30.8 Å². The molecule has 1 fully saturated rings. The van der Waals surface area contributed by atoms with Crippen LogP contribution in [0.4, 0.5) is 5.69 Å². The summed E-state index contributed by atoms with van der Waals surface area (Å²) in [6.07, 6.45) is 2.50. The van der Waals surface area contributed by atoms with Gasteiger partial charge in [-0.25, -0.2) is 0 Å². The van der Waals surface area contributed by atoms with E-state index >= 15 is 0 Å². The van der Waals surface area contributed by atoms with Crippen LogP contribution in [0.5, 0.6) is 0 Å². The van der Waals surface area contributed by atoms with Gasteiger partial charge in [0.25, 0.3) is 5.69 Å². The molecule has 0 amide bonds. The summed E-state index contributed by atoms with van der Waals surface area (Å²) in [6, 6.07) is 7.43. The number of likely N-dealkylation sites (tertiary alicyclic amines) is 1. The Hall–Kier alpha value is -1.46. The second kappa shape index (κ2) is 7.00. The monoisotopic (exact) mass is 291 g/mol. The molecule has 21 heavy (non-hydrogen) atoms. The first-order chi connectivity index (χ1) is 9.97. The number of nitro benzene ring substituents is 1. The number of nitrogens with zero attached hydrogens (tertiary/aromatic N) is 2. The van der Waals surface area contributed by atoms with Gasteiger partial charge in [-0.2, -0.15) is 0 Å². The van der Waals surface area contributed by atoms with Crippen molar-refractivity contribution in [3.8, 4) is 0 Å². The third-order valence-electron chi connectivity index (χ3n) is 4.46. The highest BCUT2D eigenvalue weighted by Gasteiger charge is 2.24. The van der Waals surface area contributed by atoms with Crippen molar-refractivity contribution in [1.82, 2.24) is 10.2 Å². The lowest BCUT2D eigenvalue weighted by Gasteiger charge is -2.35. The molecule has 1 aliphatic rings. The molecule has 0 aromatic heterocycles. The normalized spacial score (nSPS) is 22.7. The van der Waals surface area contributed by atoms with Gasteiger partial charge in [0.05, 0.1) is 4.92 Å². The summed E-state index contributed by atoms with van der Waals surface area (Å²) in [6.45, 7) is 6.60. The lowest BCUT2D eigenvalue weighted by molar-refractivity contribution is -0.384. The van der Waals surface area contributed by atoms with Gasteiger partial charge in [-0.1, -0.05) is 12.1 Å². The maximum Gasteiger partial charge on any atom is 0.269 e. The van der Waals surface area contributed by atoms with Crippen LogP contribution in [0.2, 0.25) is 0 Å². The van der Waals surface area contributed by atoms with E-state index in [1.54, 1.807) is 12.1 Å². The zero-order valence-electron chi connectivity index (χ0n) is 13.1. The third-order valence-corrected chi connectivity index (χ3v) is 4.46. The van der Waals surface area contributed by atoms with Crippen LogP contribution in [0.1, 0.15) is 38.3 Å². The number of hydrogen-bond donors (Lipinski definition) is 1. The lowest BCUT2D eigenvalue weighted by atomic mass is 9.91. The summed E-state index contributed by atoms with van der Waals surface area (Å²) in [5.41, 5.74) is 1.13. The number of hydrogen-bond acceptors (Lipinski definition) is 4. The Balaban J connectivity index is 1.98. The van der Waals surface area contributed by atoms with Gasteiger partial charge < -0.3 is 10.2 Å². The van der Waals surface area contributed by atoms with E-state index in [4.69, 9.17) is 0 Å².